The average Bonchev–Trinajstić information content (AvgIpc) is 2.80. The summed E-state index contributed by atoms with van der Waals surface area (Å²) in [4.78, 5) is 25.3. The molecule has 6 nitrogen and oxygen atoms in total. The molecule has 0 amide bonds. The molecule has 0 aliphatic carbocycles. The third-order valence-corrected chi connectivity index (χ3v) is 5.18. The van der Waals surface area contributed by atoms with Gasteiger partial charge in [0.05, 0.1) is 18.1 Å². The van der Waals surface area contributed by atoms with E-state index in [0.717, 1.165) is 10.5 Å². The van der Waals surface area contributed by atoms with Crippen molar-refractivity contribution < 1.29 is 36.6 Å². The minimum Gasteiger partial charge on any atom is -0.493 e. The van der Waals surface area contributed by atoms with Gasteiger partial charge in [-0.2, -0.15) is 13.2 Å². The number of carbonyl (C=O) groups excluding carboxylic acids is 1. The van der Waals surface area contributed by atoms with E-state index >= 15 is 0 Å². The van der Waals surface area contributed by atoms with Crippen LogP contribution in [0, 0.1) is 0 Å². The number of methoxy groups -OCH3 is 1. The Balaban J connectivity index is 1.76. The second kappa shape index (κ2) is 9.22. The molecule has 0 aliphatic heterocycles. The predicted octanol–water partition coefficient (Wildman–Crippen LogP) is 6.59. The lowest BCUT2D eigenvalue weighted by atomic mass is 10.2. The van der Waals surface area contributed by atoms with Gasteiger partial charge < -0.3 is 18.6 Å². The van der Waals surface area contributed by atoms with E-state index in [2.05, 4.69) is 15.9 Å². The summed E-state index contributed by atoms with van der Waals surface area (Å²) in [5.74, 6) is -3.47. The van der Waals surface area contributed by atoms with Crippen LogP contribution in [0.15, 0.2) is 80.4 Å². The first-order valence-electron chi connectivity index (χ1n) is 9.64. The molecule has 0 spiro atoms. The molecule has 0 unspecified atom stereocenters. The molecular weight excluding hydrogens is 521 g/mol. The van der Waals surface area contributed by atoms with Crippen molar-refractivity contribution in [3.63, 3.8) is 0 Å². The fourth-order valence-electron chi connectivity index (χ4n) is 3.06. The van der Waals surface area contributed by atoms with Gasteiger partial charge in [0, 0.05) is 10.5 Å². The van der Waals surface area contributed by atoms with Crippen molar-refractivity contribution in [1.82, 2.24) is 0 Å². The molecule has 34 heavy (non-hydrogen) atoms. The van der Waals surface area contributed by atoms with Crippen LogP contribution < -0.4 is 19.6 Å². The molecule has 1 aromatic heterocycles. The SMILES string of the molecule is COc1ccccc1Oc1c(C(F)(F)F)oc2cc(OC(=O)c3ccc(Br)cc3)ccc2c1=O. The van der Waals surface area contributed by atoms with Crippen LogP contribution in [0.3, 0.4) is 0 Å². The Morgan fingerprint density at radius 2 is 1.65 bits per heavy atom. The van der Waals surface area contributed by atoms with Gasteiger partial charge in [-0.3, -0.25) is 4.79 Å². The molecule has 0 aliphatic rings. The van der Waals surface area contributed by atoms with Gasteiger partial charge in [0.25, 0.3) is 5.76 Å². The Bertz CT molecular complexity index is 1430. The normalized spacial score (nSPS) is 11.3. The Labute approximate surface area is 198 Å². The van der Waals surface area contributed by atoms with Crippen molar-refractivity contribution in [2.45, 2.75) is 6.18 Å². The summed E-state index contributed by atoms with van der Waals surface area (Å²) in [5, 5.41) is -0.193. The van der Waals surface area contributed by atoms with Gasteiger partial charge >= 0.3 is 12.1 Å². The summed E-state index contributed by atoms with van der Waals surface area (Å²) >= 11 is 3.25. The van der Waals surface area contributed by atoms with Crippen LogP contribution in [0.1, 0.15) is 16.1 Å². The third-order valence-electron chi connectivity index (χ3n) is 4.65. The standard InChI is InChI=1S/C24H14BrF3O6/c1-31-17-4-2-3-5-18(17)33-21-20(29)16-11-10-15(12-19(16)34-22(21)24(26,27)28)32-23(30)13-6-8-14(25)9-7-13/h2-12H,1H3. The molecule has 0 radical (unpaired) electrons. The van der Waals surface area contributed by atoms with E-state index in [1.807, 2.05) is 0 Å². The van der Waals surface area contributed by atoms with Crippen LogP contribution >= 0.6 is 15.9 Å². The Hall–Kier alpha value is -3.79. The molecule has 0 bridgehead atoms. The molecule has 3 aromatic carbocycles. The van der Waals surface area contributed by atoms with Crippen molar-refractivity contribution in [3.05, 3.63) is 92.7 Å². The van der Waals surface area contributed by atoms with E-state index in [1.54, 1.807) is 18.2 Å². The van der Waals surface area contributed by atoms with E-state index < -0.39 is 34.7 Å². The third kappa shape index (κ3) is 4.76. The number of hydrogen-bond donors (Lipinski definition) is 0. The highest BCUT2D eigenvalue weighted by atomic mass is 79.9. The Kier molecular flexibility index (Phi) is 6.34. The number of carbonyl (C=O) groups is 1. The quantitative estimate of drug-likeness (QED) is 0.212. The maximum absolute atomic E-state index is 13.8. The summed E-state index contributed by atoms with van der Waals surface area (Å²) < 4.78 is 62.7. The minimum atomic E-state index is -5.05. The average molecular weight is 535 g/mol. The molecule has 1 heterocycles. The first-order chi connectivity index (χ1) is 16.2. The zero-order valence-corrected chi connectivity index (χ0v) is 18.9. The molecular formula is C24H14BrF3O6. The monoisotopic (exact) mass is 534 g/mol. The van der Waals surface area contributed by atoms with Crippen molar-refractivity contribution in [2.24, 2.45) is 0 Å². The number of halogens is 4. The van der Waals surface area contributed by atoms with E-state index in [-0.39, 0.29) is 28.2 Å². The number of benzene rings is 3. The molecule has 4 aromatic rings. The smallest absolute Gasteiger partial charge is 0.453 e. The second-order valence-electron chi connectivity index (χ2n) is 6.89. The van der Waals surface area contributed by atoms with Crippen LogP contribution in [0.2, 0.25) is 0 Å². The fraction of sp³-hybridized carbons (Fsp3) is 0.0833. The fourth-order valence-corrected chi connectivity index (χ4v) is 3.33. The highest BCUT2D eigenvalue weighted by molar-refractivity contribution is 9.10. The number of fused-ring (bicyclic) bond motifs is 1. The van der Waals surface area contributed by atoms with Gasteiger partial charge in [0.15, 0.2) is 11.5 Å². The maximum atomic E-state index is 13.8. The Morgan fingerprint density at radius 1 is 0.971 bits per heavy atom. The van der Waals surface area contributed by atoms with Crippen molar-refractivity contribution in [3.8, 4) is 23.0 Å². The summed E-state index contributed by atoms with van der Waals surface area (Å²) in [5.41, 5.74) is -1.25. The van der Waals surface area contributed by atoms with E-state index in [1.165, 1.54) is 49.6 Å². The Morgan fingerprint density at radius 3 is 2.29 bits per heavy atom. The molecule has 0 saturated carbocycles. The lowest BCUT2D eigenvalue weighted by Gasteiger charge is -2.15. The number of esters is 1. The van der Waals surface area contributed by atoms with Crippen LogP contribution in [0.4, 0.5) is 13.2 Å². The van der Waals surface area contributed by atoms with E-state index in [4.69, 9.17) is 18.6 Å². The maximum Gasteiger partial charge on any atom is 0.453 e. The number of para-hydroxylation sites is 2. The number of rotatable bonds is 5. The summed E-state index contributed by atoms with van der Waals surface area (Å²) in [6.45, 7) is 0. The van der Waals surface area contributed by atoms with Crippen molar-refractivity contribution >= 4 is 32.9 Å². The van der Waals surface area contributed by atoms with E-state index in [9.17, 15) is 22.8 Å². The van der Waals surface area contributed by atoms with Gasteiger partial charge in [0.1, 0.15) is 11.3 Å². The van der Waals surface area contributed by atoms with Crippen LogP contribution in [-0.2, 0) is 6.18 Å². The lowest BCUT2D eigenvalue weighted by Crippen LogP contribution is -2.16. The van der Waals surface area contributed by atoms with Gasteiger partial charge in [-0.05, 0) is 48.5 Å². The van der Waals surface area contributed by atoms with Gasteiger partial charge in [0.2, 0.25) is 11.2 Å². The molecule has 0 N–H and O–H groups in total. The molecule has 0 atom stereocenters. The van der Waals surface area contributed by atoms with Gasteiger partial charge in [-0.25, -0.2) is 4.79 Å². The first kappa shape index (κ1) is 23.4. The number of alkyl halides is 3. The molecule has 0 saturated heterocycles. The number of hydrogen-bond acceptors (Lipinski definition) is 6. The van der Waals surface area contributed by atoms with Gasteiger partial charge in [-0.1, -0.05) is 28.1 Å². The topological polar surface area (TPSA) is 75.0 Å². The summed E-state index contributed by atoms with van der Waals surface area (Å²) in [6.07, 6.45) is -5.05. The highest BCUT2D eigenvalue weighted by Gasteiger charge is 2.40. The van der Waals surface area contributed by atoms with Crippen LogP contribution in [-0.4, -0.2) is 13.1 Å². The first-order valence-corrected chi connectivity index (χ1v) is 10.4. The molecule has 4 rings (SSSR count). The summed E-state index contributed by atoms with van der Waals surface area (Å²) in [6, 6.07) is 15.7. The molecule has 174 valence electrons. The second-order valence-corrected chi connectivity index (χ2v) is 7.81. The predicted molar refractivity (Wildman–Crippen MR) is 120 cm³/mol. The van der Waals surface area contributed by atoms with Crippen LogP contribution in [0.5, 0.6) is 23.0 Å². The lowest BCUT2D eigenvalue weighted by molar-refractivity contribution is -0.154. The minimum absolute atomic E-state index is 0.0952. The number of ether oxygens (including phenoxy) is 3. The van der Waals surface area contributed by atoms with Gasteiger partial charge in [-0.15, -0.1) is 0 Å². The zero-order valence-electron chi connectivity index (χ0n) is 17.3. The van der Waals surface area contributed by atoms with Crippen molar-refractivity contribution in [1.29, 1.82) is 0 Å². The molecule has 0 fully saturated rings. The largest absolute Gasteiger partial charge is 0.493 e. The summed E-state index contributed by atoms with van der Waals surface area (Å²) in [7, 11) is 1.31. The molecule has 10 heteroatoms. The van der Waals surface area contributed by atoms with Crippen molar-refractivity contribution in [2.75, 3.05) is 7.11 Å². The highest BCUT2D eigenvalue weighted by Crippen LogP contribution is 2.40. The zero-order chi connectivity index (χ0) is 24.5. The van der Waals surface area contributed by atoms with E-state index in [0.29, 0.717) is 0 Å². The van der Waals surface area contributed by atoms with Crippen LogP contribution in [0.25, 0.3) is 11.0 Å².